The third kappa shape index (κ3) is 4.18. The quantitative estimate of drug-likeness (QED) is 0.268. The van der Waals surface area contributed by atoms with Crippen LogP contribution in [-0.4, -0.2) is 40.7 Å². The molecule has 10 heteroatoms. The molecule has 0 aliphatic carbocycles. The lowest BCUT2D eigenvalue weighted by molar-refractivity contribution is -0.115. The summed E-state index contributed by atoms with van der Waals surface area (Å²) < 4.78 is 3.81. The number of nitrogen functional groups attached to an aromatic ring is 1. The third-order valence-electron chi connectivity index (χ3n) is 5.66. The van der Waals surface area contributed by atoms with E-state index in [1.54, 1.807) is 12.5 Å². The highest BCUT2D eigenvalue weighted by atomic mass is 32.1. The van der Waals surface area contributed by atoms with Crippen molar-refractivity contribution in [2.24, 2.45) is 14.1 Å². The first-order chi connectivity index (χ1) is 17.0. The first-order valence-corrected chi connectivity index (χ1v) is 11.5. The molecule has 4 heterocycles. The molecule has 0 aliphatic rings. The van der Waals surface area contributed by atoms with Gasteiger partial charge in [0.05, 0.1) is 23.0 Å². The summed E-state index contributed by atoms with van der Waals surface area (Å²) in [7, 11) is 3.81. The molecule has 5 aromatic rings. The summed E-state index contributed by atoms with van der Waals surface area (Å²) >= 11 is 4.10. The molecule has 9 nitrogen and oxygen atoms in total. The van der Waals surface area contributed by atoms with Crippen molar-refractivity contribution in [3.8, 4) is 23.1 Å². The molecular formula is C25H22N8OS. The maximum Gasteiger partial charge on any atom is 0.225 e. The zero-order valence-corrected chi connectivity index (χ0v) is 20.0. The Morgan fingerprint density at radius 2 is 1.89 bits per heavy atom. The number of nitrogens with two attached hydrogens (primary N) is 1. The van der Waals surface area contributed by atoms with Crippen LogP contribution < -0.4 is 11.1 Å². The number of hydrogen-bond donors (Lipinski definition) is 3. The number of carbonyl (C=O) groups excluding carboxylic acids is 1. The SMILES string of the molecule is Cn1cnc2cc(C#Cc3c(-c4ccc(NC(=O)CCS)cc4)n(C)c4ncnc(N)c34)cnc21. The molecule has 0 bridgehead atoms. The molecule has 0 unspecified atom stereocenters. The zero-order chi connectivity index (χ0) is 24.5. The van der Waals surface area contributed by atoms with Gasteiger partial charge in [-0.2, -0.15) is 12.6 Å². The molecule has 0 saturated heterocycles. The average molecular weight is 483 g/mol. The van der Waals surface area contributed by atoms with E-state index in [2.05, 4.69) is 49.7 Å². The Balaban J connectivity index is 1.61. The second kappa shape index (κ2) is 9.12. The highest BCUT2D eigenvalue weighted by Gasteiger charge is 2.19. The zero-order valence-electron chi connectivity index (χ0n) is 19.1. The van der Waals surface area contributed by atoms with Crippen molar-refractivity contribution in [2.45, 2.75) is 6.42 Å². The third-order valence-corrected chi connectivity index (χ3v) is 5.88. The van der Waals surface area contributed by atoms with Crippen LogP contribution >= 0.6 is 12.6 Å². The maximum atomic E-state index is 11.9. The second-order valence-electron chi connectivity index (χ2n) is 8.01. The van der Waals surface area contributed by atoms with Crippen molar-refractivity contribution < 1.29 is 4.79 Å². The lowest BCUT2D eigenvalue weighted by Crippen LogP contribution is -2.11. The number of nitrogens with one attached hydrogen (secondary N) is 1. The predicted octanol–water partition coefficient (Wildman–Crippen LogP) is 3.16. The van der Waals surface area contributed by atoms with E-state index in [9.17, 15) is 4.79 Å². The fourth-order valence-electron chi connectivity index (χ4n) is 3.99. The number of amides is 1. The summed E-state index contributed by atoms with van der Waals surface area (Å²) in [6.45, 7) is 0. The Labute approximate surface area is 206 Å². The Kier molecular flexibility index (Phi) is 5.84. The molecule has 0 atom stereocenters. The van der Waals surface area contributed by atoms with E-state index in [1.807, 2.05) is 53.6 Å². The van der Waals surface area contributed by atoms with Crippen molar-refractivity contribution in [1.82, 2.24) is 29.1 Å². The van der Waals surface area contributed by atoms with E-state index in [0.29, 0.717) is 40.3 Å². The first-order valence-electron chi connectivity index (χ1n) is 10.9. The summed E-state index contributed by atoms with van der Waals surface area (Å²) in [5.41, 5.74) is 12.4. The number of anilines is 2. The van der Waals surface area contributed by atoms with E-state index in [-0.39, 0.29) is 5.91 Å². The monoisotopic (exact) mass is 482 g/mol. The van der Waals surface area contributed by atoms with Gasteiger partial charge >= 0.3 is 0 Å². The molecule has 1 amide bonds. The molecule has 0 aliphatic heterocycles. The van der Waals surface area contributed by atoms with Crippen LogP contribution in [0, 0.1) is 11.8 Å². The standard InChI is InChI=1S/C25H22N8OS/c1-32-14-30-19-11-15(12-27-24(19)32)3-8-18-21-23(26)28-13-29-25(21)33(2)22(18)16-4-6-17(7-5-16)31-20(34)9-10-35/h4-7,11-14,35H,9-10H2,1-2H3,(H,31,34)(H2,26,28,29). The Morgan fingerprint density at radius 1 is 1.09 bits per heavy atom. The van der Waals surface area contributed by atoms with Crippen LogP contribution in [0.4, 0.5) is 11.5 Å². The molecule has 0 spiro atoms. The van der Waals surface area contributed by atoms with Crippen LogP contribution in [0.25, 0.3) is 33.5 Å². The van der Waals surface area contributed by atoms with Gasteiger partial charge in [0.2, 0.25) is 5.91 Å². The van der Waals surface area contributed by atoms with Gasteiger partial charge in [0.15, 0.2) is 5.65 Å². The molecule has 1 aromatic carbocycles. The van der Waals surface area contributed by atoms with Gasteiger partial charge in [-0.3, -0.25) is 4.79 Å². The average Bonchev–Trinajstić information content (AvgIpc) is 3.36. The normalized spacial score (nSPS) is 10.9. The van der Waals surface area contributed by atoms with E-state index >= 15 is 0 Å². The smallest absolute Gasteiger partial charge is 0.225 e. The minimum absolute atomic E-state index is 0.0783. The fraction of sp³-hybridized carbons (Fsp3) is 0.160. The number of thiol groups is 1. The summed E-state index contributed by atoms with van der Waals surface area (Å²) in [4.78, 5) is 29.4. The van der Waals surface area contributed by atoms with Crippen molar-refractivity contribution in [3.05, 3.63) is 60.3 Å². The number of imidazole rings is 1. The first kappa shape index (κ1) is 22.4. The molecule has 5 rings (SSSR count). The Morgan fingerprint density at radius 3 is 2.66 bits per heavy atom. The van der Waals surface area contributed by atoms with Crippen LogP contribution in [0.15, 0.2) is 49.2 Å². The van der Waals surface area contributed by atoms with Gasteiger partial charge in [0, 0.05) is 38.0 Å². The summed E-state index contributed by atoms with van der Waals surface area (Å²) in [6, 6.07) is 9.48. The van der Waals surface area contributed by atoms with Crippen molar-refractivity contribution in [3.63, 3.8) is 0 Å². The molecular weight excluding hydrogens is 460 g/mol. The number of benzene rings is 1. The van der Waals surface area contributed by atoms with Crippen LogP contribution in [0.1, 0.15) is 17.5 Å². The second-order valence-corrected chi connectivity index (χ2v) is 8.46. The summed E-state index contributed by atoms with van der Waals surface area (Å²) in [6.07, 6.45) is 5.24. The van der Waals surface area contributed by atoms with Crippen LogP contribution in [0.5, 0.6) is 0 Å². The number of rotatable bonds is 4. The molecule has 0 saturated carbocycles. The number of hydrogen-bond acceptors (Lipinski definition) is 7. The number of fused-ring (bicyclic) bond motifs is 2. The number of aromatic nitrogens is 6. The summed E-state index contributed by atoms with van der Waals surface area (Å²) in [5.74, 6) is 7.26. The van der Waals surface area contributed by atoms with Crippen molar-refractivity contribution in [2.75, 3.05) is 16.8 Å². The minimum atomic E-state index is -0.0783. The Hall–Kier alpha value is -4.36. The molecule has 0 fully saturated rings. The number of pyridine rings is 1. The minimum Gasteiger partial charge on any atom is -0.383 e. The predicted molar refractivity (Wildman–Crippen MR) is 140 cm³/mol. The molecule has 174 valence electrons. The van der Waals surface area contributed by atoms with E-state index < -0.39 is 0 Å². The van der Waals surface area contributed by atoms with Gasteiger partial charge in [-0.05, 0) is 29.5 Å². The lowest BCUT2D eigenvalue weighted by atomic mass is 10.0. The van der Waals surface area contributed by atoms with E-state index in [1.165, 1.54) is 6.33 Å². The molecule has 4 aromatic heterocycles. The van der Waals surface area contributed by atoms with E-state index in [0.717, 1.165) is 28.0 Å². The molecule has 35 heavy (non-hydrogen) atoms. The van der Waals surface area contributed by atoms with Gasteiger partial charge in [0.1, 0.15) is 23.3 Å². The van der Waals surface area contributed by atoms with Gasteiger partial charge in [0.25, 0.3) is 0 Å². The van der Waals surface area contributed by atoms with Gasteiger partial charge < -0.3 is 20.2 Å². The van der Waals surface area contributed by atoms with Gasteiger partial charge in [-0.25, -0.2) is 19.9 Å². The van der Waals surface area contributed by atoms with Gasteiger partial charge in [-0.1, -0.05) is 24.0 Å². The highest BCUT2D eigenvalue weighted by molar-refractivity contribution is 7.80. The summed E-state index contributed by atoms with van der Waals surface area (Å²) in [5, 5.41) is 3.56. The lowest BCUT2D eigenvalue weighted by Gasteiger charge is -2.08. The number of nitrogens with zero attached hydrogens (tertiary/aromatic N) is 6. The Bertz CT molecular complexity index is 1640. The number of aryl methyl sites for hydroxylation is 2. The fourth-order valence-corrected chi connectivity index (χ4v) is 4.19. The highest BCUT2D eigenvalue weighted by Crippen LogP contribution is 2.34. The van der Waals surface area contributed by atoms with Crippen molar-refractivity contribution in [1.29, 1.82) is 0 Å². The van der Waals surface area contributed by atoms with E-state index in [4.69, 9.17) is 5.73 Å². The topological polar surface area (TPSA) is 117 Å². The molecule has 3 N–H and O–H groups in total. The van der Waals surface area contributed by atoms with Crippen LogP contribution in [0.3, 0.4) is 0 Å². The molecule has 0 radical (unpaired) electrons. The largest absolute Gasteiger partial charge is 0.383 e. The van der Waals surface area contributed by atoms with Crippen LogP contribution in [0.2, 0.25) is 0 Å². The van der Waals surface area contributed by atoms with Crippen molar-refractivity contribution >= 4 is 52.2 Å². The van der Waals surface area contributed by atoms with Crippen LogP contribution in [-0.2, 0) is 18.9 Å². The van der Waals surface area contributed by atoms with Gasteiger partial charge in [-0.15, -0.1) is 0 Å². The number of carbonyl (C=O) groups is 1. The maximum absolute atomic E-state index is 11.9.